The molecule has 0 atom stereocenters. The van der Waals surface area contributed by atoms with E-state index < -0.39 is 0 Å². The minimum absolute atomic E-state index is 0.286. The smallest absolute Gasteiger partial charge is 0.137 e. The van der Waals surface area contributed by atoms with Crippen molar-refractivity contribution in [2.75, 3.05) is 23.3 Å². The van der Waals surface area contributed by atoms with Gasteiger partial charge in [0.1, 0.15) is 17.3 Å². The SMILES string of the molecule is Fc1ccccc1-c1ccc(CNc2ccc(N3CCCCC3)c(Cl)c2)o1. The van der Waals surface area contributed by atoms with E-state index in [1.807, 2.05) is 18.2 Å². The summed E-state index contributed by atoms with van der Waals surface area (Å²) in [6.07, 6.45) is 3.74. The molecule has 1 aromatic heterocycles. The summed E-state index contributed by atoms with van der Waals surface area (Å²) in [6.45, 7) is 2.64. The van der Waals surface area contributed by atoms with E-state index in [0.29, 0.717) is 17.9 Å². The summed E-state index contributed by atoms with van der Waals surface area (Å²) >= 11 is 6.50. The van der Waals surface area contributed by atoms with Crippen LogP contribution < -0.4 is 10.2 Å². The van der Waals surface area contributed by atoms with Crippen LogP contribution in [-0.2, 0) is 6.54 Å². The number of halogens is 2. The molecule has 1 aliphatic rings. The molecule has 3 nitrogen and oxygen atoms in total. The zero-order valence-corrected chi connectivity index (χ0v) is 15.8. The second kappa shape index (κ2) is 8.05. The topological polar surface area (TPSA) is 28.4 Å². The average Bonchev–Trinajstić information content (AvgIpc) is 3.16. The van der Waals surface area contributed by atoms with Crippen molar-refractivity contribution in [1.29, 1.82) is 0 Å². The van der Waals surface area contributed by atoms with E-state index in [-0.39, 0.29) is 5.82 Å². The number of anilines is 2. The van der Waals surface area contributed by atoms with Crippen molar-refractivity contribution in [3.05, 3.63) is 71.2 Å². The molecular weight excluding hydrogens is 363 g/mol. The Bertz CT molecular complexity index is 918. The standard InChI is InChI=1S/C22H22ClFN2O/c23-19-14-16(8-10-21(19)26-12-4-1-5-13-26)25-15-17-9-11-22(27-17)18-6-2-3-7-20(18)24/h2-3,6-11,14,25H,1,4-5,12-13,15H2. The van der Waals surface area contributed by atoms with Crippen LogP contribution in [0, 0.1) is 5.82 Å². The molecule has 0 aliphatic carbocycles. The van der Waals surface area contributed by atoms with Gasteiger partial charge in [0.2, 0.25) is 0 Å². The molecule has 140 valence electrons. The maximum Gasteiger partial charge on any atom is 0.137 e. The van der Waals surface area contributed by atoms with Crippen molar-refractivity contribution in [3.8, 4) is 11.3 Å². The molecular formula is C22H22ClFN2O. The third-order valence-electron chi connectivity index (χ3n) is 4.91. The highest BCUT2D eigenvalue weighted by atomic mass is 35.5. The molecule has 0 amide bonds. The number of hydrogen-bond donors (Lipinski definition) is 1. The lowest BCUT2D eigenvalue weighted by molar-refractivity contribution is 0.525. The van der Waals surface area contributed by atoms with E-state index in [1.165, 1.54) is 25.3 Å². The van der Waals surface area contributed by atoms with Crippen molar-refractivity contribution in [2.45, 2.75) is 25.8 Å². The van der Waals surface area contributed by atoms with Gasteiger partial charge in [-0.15, -0.1) is 0 Å². The van der Waals surface area contributed by atoms with E-state index in [2.05, 4.69) is 16.3 Å². The summed E-state index contributed by atoms with van der Waals surface area (Å²) in [5.74, 6) is 0.985. The lowest BCUT2D eigenvalue weighted by atomic mass is 10.1. The molecule has 1 saturated heterocycles. The van der Waals surface area contributed by atoms with Gasteiger partial charge in [-0.3, -0.25) is 0 Å². The molecule has 3 aromatic rings. The van der Waals surface area contributed by atoms with E-state index in [1.54, 1.807) is 24.3 Å². The normalized spacial score (nSPS) is 14.4. The molecule has 1 N–H and O–H groups in total. The summed E-state index contributed by atoms with van der Waals surface area (Å²) in [6, 6.07) is 16.3. The van der Waals surface area contributed by atoms with Crippen LogP contribution in [0.3, 0.4) is 0 Å². The third-order valence-corrected chi connectivity index (χ3v) is 5.21. The fraction of sp³-hybridized carbons (Fsp3) is 0.273. The van der Waals surface area contributed by atoms with E-state index in [0.717, 1.165) is 35.2 Å². The Morgan fingerprint density at radius 3 is 2.59 bits per heavy atom. The number of rotatable bonds is 5. The van der Waals surface area contributed by atoms with E-state index >= 15 is 0 Å². The Hall–Kier alpha value is -2.46. The molecule has 0 radical (unpaired) electrons. The number of nitrogens with zero attached hydrogens (tertiary/aromatic N) is 1. The first-order valence-electron chi connectivity index (χ1n) is 9.33. The Morgan fingerprint density at radius 1 is 1.00 bits per heavy atom. The lowest BCUT2D eigenvalue weighted by Crippen LogP contribution is -2.29. The Kier molecular flexibility index (Phi) is 5.35. The van der Waals surface area contributed by atoms with Gasteiger partial charge < -0.3 is 14.6 Å². The van der Waals surface area contributed by atoms with Gasteiger partial charge in [-0.05, 0) is 61.7 Å². The summed E-state index contributed by atoms with van der Waals surface area (Å²) in [5, 5.41) is 4.08. The van der Waals surface area contributed by atoms with Crippen LogP contribution in [0.5, 0.6) is 0 Å². The molecule has 0 saturated carbocycles. The second-order valence-electron chi connectivity index (χ2n) is 6.81. The fourth-order valence-electron chi connectivity index (χ4n) is 3.48. The Morgan fingerprint density at radius 2 is 1.81 bits per heavy atom. The summed E-state index contributed by atoms with van der Waals surface area (Å²) in [7, 11) is 0. The lowest BCUT2D eigenvalue weighted by Gasteiger charge is -2.29. The van der Waals surface area contributed by atoms with Crippen LogP contribution in [0.2, 0.25) is 5.02 Å². The summed E-state index contributed by atoms with van der Waals surface area (Å²) in [4.78, 5) is 2.35. The van der Waals surface area contributed by atoms with Gasteiger partial charge in [0.05, 0.1) is 22.8 Å². The predicted octanol–water partition coefficient (Wildman–Crippen LogP) is 6.34. The van der Waals surface area contributed by atoms with Crippen LogP contribution in [0.1, 0.15) is 25.0 Å². The zero-order chi connectivity index (χ0) is 18.6. The van der Waals surface area contributed by atoms with Gasteiger partial charge in [-0.2, -0.15) is 0 Å². The van der Waals surface area contributed by atoms with Crippen LogP contribution in [0.15, 0.2) is 59.0 Å². The predicted molar refractivity (Wildman–Crippen MR) is 109 cm³/mol. The third kappa shape index (κ3) is 4.11. The van der Waals surface area contributed by atoms with Gasteiger partial charge in [0, 0.05) is 18.8 Å². The Balaban J connectivity index is 1.42. The number of nitrogens with one attached hydrogen (secondary N) is 1. The minimum atomic E-state index is -0.286. The maximum atomic E-state index is 13.9. The molecule has 4 rings (SSSR count). The van der Waals surface area contributed by atoms with Gasteiger partial charge in [0.15, 0.2) is 0 Å². The molecule has 5 heteroatoms. The molecule has 27 heavy (non-hydrogen) atoms. The Labute approximate surface area is 163 Å². The molecule has 1 aliphatic heterocycles. The van der Waals surface area contributed by atoms with Crippen molar-refractivity contribution in [3.63, 3.8) is 0 Å². The minimum Gasteiger partial charge on any atom is -0.459 e. The molecule has 2 heterocycles. The van der Waals surface area contributed by atoms with Crippen LogP contribution in [-0.4, -0.2) is 13.1 Å². The maximum absolute atomic E-state index is 13.9. The first kappa shape index (κ1) is 17.9. The second-order valence-corrected chi connectivity index (χ2v) is 7.22. The molecule has 0 bridgehead atoms. The van der Waals surface area contributed by atoms with Gasteiger partial charge in [0.25, 0.3) is 0 Å². The largest absolute Gasteiger partial charge is 0.459 e. The van der Waals surface area contributed by atoms with Crippen molar-refractivity contribution in [2.24, 2.45) is 0 Å². The van der Waals surface area contributed by atoms with Crippen molar-refractivity contribution in [1.82, 2.24) is 0 Å². The highest BCUT2D eigenvalue weighted by Gasteiger charge is 2.14. The van der Waals surface area contributed by atoms with E-state index in [4.69, 9.17) is 16.0 Å². The first-order valence-corrected chi connectivity index (χ1v) is 9.70. The number of benzene rings is 2. The van der Waals surface area contributed by atoms with Gasteiger partial charge in [-0.25, -0.2) is 4.39 Å². The zero-order valence-electron chi connectivity index (χ0n) is 15.1. The van der Waals surface area contributed by atoms with E-state index in [9.17, 15) is 4.39 Å². The number of hydrogen-bond acceptors (Lipinski definition) is 3. The average molecular weight is 385 g/mol. The molecule has 0 unspecified atom stereocenters. The number of piperidine rings is 1. The summed E-state index contributed by atoms with van der Waals surface area (Å²) in [5.41, 5.74) is 2.50. The molecule has 1 fully saturated rings. The van der Waals surface area contributed by atoms with Gasteiger partial charge >= 0.3 is 0 Å². The first-order chi connectivity index (χ1) is 13.2. The number of furan rings is 1. The summed E-state index contributed by atoms with van der Waals surface area (Å²) < 4.78 is 19.7. The quantitative estimate of drug-likeness (QED) is 0.556. The molecule has 0 spiro atoms. The highest BCUT2D eigenvalue weighted by molar-refractivity contribution is 6.33. The van der Waals surface area contributed by atoms with Crippen LogP contribution in [0.25, 0.3) is 11.3 Å². The fourth-order valence-corrected chi connectivity index (χ4v) is 3.78. The van der Waals surface area contributed by atoms with Crippen LogP contribution >= 0.6 is 11.6 Å². The van der Waals surface area contributed by atoms with Crippen LogP contribution in [0.4, 0.5) is 15.8 Å². The van der Waals surface area contributed by atoms with Crippen molar-refractivity contribution >= 4 is 23.0 Å². The monoisotopic (exact) mass is 384 g/mol. The van der Waals surface area contributed by atoms with Gasteiger partial charge in [-0.1, -0.05) is 23.7 Å². The van der Waals surface area contributed by atoms with Crippen molar-refractivity contribution < 1.29 is 8.81 Å². The molecule has 2 aromatic carbocycles. The highest BCUT2D eigenvalue weighted by Crippen LogP contribution is 2.31.